The molecular weight excluding hydrogens is 271 g/mol. The van der Waals surface area contributed by atoms with Crippen molar-refractivity contribution in [3.05, 3.63) is 48.4 Å². The molecule has 5 nitrogen and oxygen atoms in total. The molecule has 0 radical (unpaired) electrons. The van der Waals surface area contributed by atoms with Crippen LogP contribution in [0.2, 0.25) is 0 Å². The number of halogens is 1. The van der Waals surface area contributed by atoms with Crippen LogP contribution in [0.25, 0.3) is 16.9 Å². The average molecular weight is 286 g/mol. The van der Waals surface area contributed by atoms with Gasteiger partial charge in [0.05, 0.1) is 18.5 Å². The minimum absolute atomic E-state index is 0.281. The van der Waals surface area contributed by atoms with Crippen LogP contribution in [0.15, 0.2) is 42.6 Å². The Morgan fingerprint density at radius 2 is 2.19 bits per heavy atom. The second kappa shape index (κ2) is 5.88. The number of anilines is 1. The highest BCUT2D eigenvalue weighted by Gasteiger charge is 2.08. The van der Waals surface area contributed by atoms with E-state index >= 15 is 0 Å². The number of hydrogen-bond donors (Lipinski definition) is 1. The van der Waals surface area contributed by atoms with Crippen molar-refractivity contribution >= 4 is 11.5 Å². The third-order valence-corrected chi connectivity index (χ3v) is 3.09. The number of fused-ring (bicyclic) bond motifs is 1. The Hall–Kier alpha value is -2.47. The third-order valence-electron chi connectivity index (χ3n) is 3.09. The molecule has 0 bridgehead atoms. The molecule has 21 heavy (non-hydrogen) atoms. The summed E-state index contributed by atoms with van der Waals surface area (Å²) in [5.41, 5.74) is 2.20. The number of imidazole rings is 1. The van der Waals surface area contributed by atoms with Crippen molar-refractivity contribution < 1.29 is 9.13 Å². The number of hydrogen-bond acceptors (Lipinski definition) is 4. The molecule has 0 spiro atoms. The molecule has 3 aromatic rings. The Morgan fingerprint density at radius 3 is 3.00 bits per heavy atom. The van der Waals surface area contributed by atoms with E-state index in [1.54, 1.807) is 23.9 Å². The van der Waals surface area contributed by atoms with Gasteiger partial charge in [0.15, 0.2) is 5.65 Å². The number of aromatic nitrogens is 3. The van der Waals surface area contributed by atoms with Crippen LogP contribution in [-0.2, 0) is 4.74 Å². The topological polar surface area (TPSA) is 51.5 Å². The summed E-state index contributed by atoms with van der Waals surface area (Å²) >= 11 is 0. The second-order valence-corrected chi connectivity index (χ2v) is 4.56. The fourth-order valence-electron chi connectivity index (χ4n) is 2.09. The minimum atomic E-state index is -0.281. The van der Waals surface area contributed by atoms with Crippen molar-refractivity contribution in [2.75, 3.05) is 25.6 Å². The minimum Gasteiger partial charge on any atom is -0.383 e. The van der Waals surface area contributed by atoms with E-state index in [2.05, 4.69) is 15.4 Å². The summed E-state index contributed by atoms with van der Waals surface area (Å²) in [5.74, 6) is 0.437. The van der Waals surface area contributed by atoms with E-state index in [4.69, 9.17) is 4.74 Å². The Labute approximate surface area is 121 Å². The zero-order chi connectivity index (χ0) is 14.7. The number of benzene rings is 1. The lowest BCUT2D eigenvalue weighted by molar-refractivity contribution is 0.210. The molecule has 0 amide bonds. The van der Waals surface area contributed by atoms with Gasteiger partial charge in [-0.25, -0.2) is 13.9 Å². The second-order valence-electron chi connectivity index (χ2n) is 4.56. The van der Waals surface area contributed by atoms with E-state index in [0.29, 0.717) is 18.8 Å². The highest BCUT2D eigenvalue weighted by atomic mass is 19.1. The first-order valence-electron chi connectivity index (χ1n) is 6.61. The van der Waals surface area contributed by atoms with Crippen LogP contribution in [-0.4, -0.2) is 34.9 Å². The van der Waals surface area contributed by atoms with Gasteiger partial charge in [-0.15, -0.1) is 5.10 Å². The molecule has 6 heteroatoms. The van der Waals surface area contributed by atoms with E-state index in [1.807, 2.05) is 18.2 Å². The van der Waals surface area contributed by atoms with Gasteiger partial charge in [-0.2, -0.15) is 0 Å². The van der Waals surface area contributed by atoms with E-state index in [-0.39, 0.29) is 5.82 Å². The van der Waals surface area contributed by atoms with Crippen molar-refractivity contribution in [2.24, 2.45) is 0 Å². The van der Waals surface area contributed by atoms with Crippen molar-refractivity contribution in [3.63, 3.8) is 0 Å². The van der Waals surface area contributed by atoms with Gasteiger partial charge in [0.1, 0.15) is 11.6 Å². The van der Waals surface area contributed by atoms with E-state index in [0.717, 1.165) is 17.1 Å². The lowest BCUT2D eigenvalue weighted by Gasteiger charge is -2.06. The number of nitrogens with one attached hydrogen (secondary N) is 1. The third kappa shape index (κ3) is 2.85. The highest BCUT2D eigenvalue weighted by Crippen LogP contribution is 2.21. The SMILES string of the molecule is COCCNc1ccc2ncc(-c3cccc(F)c3)n2n1. The zero-order valence-electron chi connectivity index (χ0n) is 11.6. The Morgan fingerprint density at radius 1 is 1.29 bits per heavy atom. The molecule has 108 valence electrons. The summed E-state index contributed by atoms with van der Waals surface area (Å²) in [5, 5.41) is 7.64. The first-order valence-corrected chi connectivity index (χ1v) is 6.61. The fourth-order valence-corrected chi connectivity index (χ4v) is 2.09. The Balaban J connectivity index is 1.97. The molecule has 0 aliphatic carbocycles. The van der Waals surface area contributed by atoms with Crippen LogP contribution in [0.4, 0.5) is 10.2 Å². The first kappa shape index (κ1) is 13.5. The summed E-state index contributed by atoms with van der Waals surface area (Å²) in [7, 11) is 1.65. The number of methoxy groups -OCH3 is 1. The Bertz CT molecular complexity index is 756. The van der Waals surface area contributed by atoms with E-state index in [9.17, 15) is 4.39 Å². The standard InChI is InChI=1S/C15H15FN4O/c1-21-8-7-17-14-5-6-15-18-10-13(20(15)19-14)11-3-2-4-12(16)9-11/h2-6,9-10H,7-8H2,1H3,(H,17,19). The van der Waals surface area contributed by atoms with Gasteiger partial charge in [-0.1, -0.05) is 12.1 Å². The average Bonchev–Trinajstić information content (AvgIpc) is 2.91. The lowest BCUT2D eigenvalue weighted by Crippen LogP contribution is -2.10. The van der Waals surface area contributed by atoms with Crippen LogP contribution in [0.5, 0.6) is 0 Å². The maximum Gasteiger partial charge on any atom is 0.154 e. The summed E-state index contributed by atoms with van der Waals surface area (Å²) in [4.78, 5) is 4.29. The lowest BCUT2D eigenvalue weighted by atomic mass is 10.2. The smallest absolute Gasteiger partial charge is 0.154 e. The fraction of sp³-hybridized carbons (Fsp3) is 0.200. The predicted molar refractivity (Wildman–Crippen MR) is 78.7 cm³/mol. The largest absolute Gasteiger partial charge is 0.383 e. The van der Waals surface area contributed by atoms with Gasteiger partial charge < -0.3 is 10.1 Å². The highest BCUT2D eigenvalue weighted by molar-refractivity contribution is 5.63. The van der Waals surface area contributed by atoms with Crippen molar-refractivity contribution in [3.8, 4) is 11.3 Å². The van der Waals surface area contributed by atoms with Gasteiger partial charge in [0, 0.05) is 19.2 Å². The normalized spacial score (nSPS) is 11.0. The zero-order valence-corrected chi connectivity index (χ0v) is 11.6. The number of nitrogens with zero attached hydrogens (tertiary/aromatic N) is 3. The molecule has 3 rings (SSSR count). The van der Waals surface area contributed by atoms with Gasteiger partial charge in [-0.05, 0) is 24.3 Å². The van der Waals surface area contributed by atoms with Crippen LogP contribution in [0, 0.1) is 5.82 Å². The molecule has 1 N–H and O–H groups in total. The van der Waals surface area contributed by atoms with Gasteiger partial charge >= 0.3 is 0 Å². The molecular formula is C15H15FN4O. The van der Waals surface area contributed by atoms with Crippen molar-refractivity contribution in [2.45, 2.75) is 0 Å². The van der Waals surface area contributed by atoms with Crippen LogP contribution in [0.3, 0.4) is 0 Å². The maximum atomic E-state index is 13.4. The molecule has 2 heterocycles. The van der Waals surface area contributed by atoms with Gasteiger partial charge in [0.2, 0.25) is 0 Å². The number of rotatable bonds is 5. The van der Waals surface area contributed by atoms with E-state index < -0.39 is 0 Å². The molecule has 0 aliphatic rings. The monoisotopic (exact) mass is 286 g/mol. The van der Waals surface area contributed by atoms with Crippen molar-refractivity contribution in [1.29, 1.82) is 0 Å². The van der Waals surface area contributed by atoms with E-state index in [1.165, 1.54) is 12.1 Å². The molecule has 0 aliphatic heterocycles. The molecule has 2 aromatic heterocycles. The first-order chi connectivity index (χ1) is 10.3. The van der Waals surface area contributed by atoms with Crippen molar-refractivity contribution in [1.82, 2.24) is 14.6 Å². The molecule has 0 fully saturated rings. The summed E-state index contributed by atoms with van der Waals surface area (Å²) < 4.78 is 20.1. The summed E-state index contributed by atoms with van der Waals surface area (Å²) in [6.45, 7) is 1.26. The Kier molecular flexibility index (Phi) is 3.79. The number of ether oxygens (including phenoxy) is 1. The molecule has 0 saturated carbocycles. The summed E-state index contributed by atoms with van der Waals surface area (Å²) in [6.07, 6.45) is 1.69. The van der Waals surface area contributed by atoms with Gasteiger partial charge in [0.25, 0.3) is 0 Å². The van der Waals surface area contributed by atoms with Crippen LogP contribution >= 0.6 is 0 Å². The summed E-state index contributed by atoms with van der Waals surface area (Å²) in [6, 6.07) is 10.1. The quantitative estimate of drug-likeness (QED) is 0.732. The molecule has 0 atom stereocenters. The molecule has 0 saturated heterocycles. The van der Waals surface area contributed by atoms with Crippen LogP contribution < -0.4 is 5.32 Å². The van der Waals surface area contributed by atoms with Gasteiger partial charge in [-0.3, -0.25) is 0 Å². The maximum absolute atomic E-state index is 13.4. The predicted octanol–water partition coefficient (Wildman–Crippen LogP) is 2.59. The molecule has 1 aromatic carbocycles. The molecule has 0 unspecified atom stereocenters. The van der Waals surface area contributed by atoms with Crippen LogP contribution in [0.1, 0.15) is 0 Å².